The Balaban J connectivity index is 2.14. The van der Waals surface area contributed by atoms with Crippen molar-refractivity contribution in [1.29, 1.82) is 0 Å². The molecule has 2 N–H and O–H groups in total. The molecule has 1 amide bonds. The third-order valence-electron chi connectivity index (χ3n) is 3.60. The predicted octanol–water partition coefficient (Wildman–Crippen LogP) is 3.82. The van der Waals surface area contributed by atoms with Crippen molar-refractivity contribution in [3.63, 3.8) is 0 Å². The number of hydrogen-bond acceptors (Lipinski definition) is 2. The Morgan fingerprint density at radius 2 is 2.26 bits per heavy atom. The molecular weight excluding hydrogens is 328 g/mol. The van der Waals surface area contributed by atoms with Gasteiger partial charge in [0.1, 0.15) is 0 Å². The number of anilines is 1. The highest BCUT2D eigenvalue weighted by Gasteiger charge is 2.37. The van der Waals surface area contributed by atoms with Gasteiger partial charge in [-0.15, -0.1) is 0 Å². The summed E-state index contributed by atoms with van der Waals surface area (Å²) < 4.78 is 0.721. The fraction of sp³-hybridized carbons (Fsp3) is 0.500. The zero-order valence-corrected chi connectivity index (χ0v) is 13.4. The second-order valence-electron chi connectivity index (χ2n) is 5.57. The molecule has 1 aromatic carbocycles. The summed E-state index contributed by atoms with van der Waals surface area (Å²) in [5.74, 6) is -0.00679. The van der Waals surface area contributed by atoms with Crippen LogP contribution < -0.4 is 10.6 Å². The predicted molar refractivity (Wildman–Crippen MR) is 82.6 cm³/mol. The topological polar surface area (TPSA) is 41.1 Å². The fourth-order valence-electron chi connectivity index (χ4n) is 2.46. The number of amides is 1. The molecule has 19 heavy (non-hydrogen) atoms. The molecule has 1 fully saturated rings. The van der Waals surface area contributed by atoms with Gasteiger partial charge in [0.2, 0.25) is 5.91 Å². The van der Waals surface area contributed by atoms with Crippen LogP contribution in [0.5, 0.6) is 0 Å². The summed E-state index contributed by atoms with van der Waals surface area (Å²) in [6.07, 6.45) is 2.16. The number of carbonyl (C=O) groups excluding carboxylic acids is 1. The van der Waals surface area contributed by atoms with E-state index in [-0.39, 0.29) is 17.4 Å². The number of carbonyl (C=O) groups is 1. The van der Waals surface area contributed by atoms with Crippen molar-refractivity contribution < 1.29 is 4.79 Å². The number of halogens is 2. The van der Waals surface area contributed by atoms with Crippen LogP contribution in [0.3, 0.4) is 0 Å². The molecule has 1 atom stereocenters. The van der Waals surface area contributed by atoms with Crippen molar-refractivity contribution in [2.75, 3.05) is 11.9 Å². The van der Waals surface area contributed by atoms with Crippen LogP contribution in [0.15, 0.2) is 22.7 Å². The van der Waals surface area contributed by atoms with Crippen LogP contribution in [-0.2, 0) is 4.79 Å². The van der Waals surface area contributed by atoms with Gasteiger partial charge in [0.05, 0.1) is 21.2 Å². The van der Waals surface area contributed by atoms with E-state index in [1.807, 2.05) is 12.1 Å². The van der Waals surface area contributed by atoms with Gasteiger partial charge in [-0.25, -0.2) is 0 Å². The molecule has 0 saturated carbocycles. The molecule has 0 radical (unpaired) electrons. The van der Waals surface area contributed by atoms with Crippen LogP contribution in [-0.4, -0.2) is 18.5 Å². The molecule has 5 heteroatoms. The second-order valence-corrected chi connectivity index (χ2v) is 6.77. The van der Waals surface area contributed by atoms with Gasteiger partial charge in [0.25, 0.3) is 0 Å². The lowest BCUT2D eigenvalue weighted by molar-refractivity contribution is -0.121. The van der Waals surface area contributed by atoms with E-state index in [9.17, 15) is 4.79 Å². The molecule has 1 aromatic rings. The molecule has 3 nitrogen and oxygen atoms in total. The normalized spacial score (nSPS) is 22.0. The lowest BCUT2D eigenvalue weighted by Crippen LogP contribution is -2.53. The summed E-state index contributed by atoms with van der Waals surface area (Å²) in [5, 5.41) is 6.84. The van der Waals surface area contributed by atoms with Crippen molar-refractivity contribution in [3.8, 4) is 0 Å². The maximum atomic E-state index is 12.4. The average molecular weight is 346 g/mol. The first-order valence-corrected chi connectivity index (χ1v) is 7.57. The van der Waals surface area contributed by atoms with Gasteiger partial charge >= 0.3 is 0 Å². The van der Waals surface area contributed by atoms with Gasteiger partial charge in [-0.3, -0.25) is 4.79 Å². The molecule has 1 aliphatic rings. The standard InChI is InChI=1S/C14H18BrClN2O/c1-14(2)7-4-8-17-12(14)13(19)18-10-6-3-5-9(16)11(10)15/h3,5-6,12,17H,4,7-8H2,1-2H3,(H,18,19). The van der Waals surface area contributed by atoms with E-state index in [1.165, 1.54) is 0 Å². The van der Waals surface area contributed by atoms with E-state index < -0.39 is 0 Å². The quantitative estimate of drug-likeness (QED) is 0.855. The molecule has 0 spiro atoms. The molecule has 1 heterocycles. The lowest BCUT2D eigenvalue weighted by Gasteiger charge is -2.38. The Hall–Kier alpha value is -0.580. The highest BCUT2D eigenvalue weighted by molar-refractivity contribution is 9.10. The molecule has 0 aliphatic carbocycles. The van der Waals surface area contributed by atoms with E-state index in [2.05, 4.69) is 40.4 Å². The number of nitrogens with one attached hydrogen (secondary N) is 2. The number of rotatable bonds is 2. The third-order valence-corrected chi connectivity index (χ3v) is 5.00. The van der Waals surface area contributed by atoms with Gasteiger partial charge in [0, 0.05) is 0 Å². The smallest absolute Gasteiger partial charge is 0.242 e. The Morgan fingerprint density at radius 1 is 1.53 bits per heavy atom. The summed E-state index contributed by atoms with van der Waals surface area (Å²) in [7, 11) is 0. The van der Waals surface area contributed by atoms with E-state index in [0.717, 1.165) is 23.9 Å². The van der Waals surface area contributed by atoms with Crippen molar-refractivity contribution in [2.24, 2.45) is 5.41 Å². The minimum Gasteiger partial charge on any atom is -0.324 e. The van der Waals surface area contributed by atoms with Crippen LogP contribution >= 0.6 is 27.5 Å². The largest absolute Gasteiger partial charge is 0.324 e. The van der Waals surface area contributed by atoms with Gasteiger partial charge in [-0.1, -0.05) is 31.5 Å². The average Bonchev–Trinajstić information content (AvgIpc) is 2.34. The number of piperidine rings is 1. The molecule has 104 valence electrons. The molecule has 1 saturated heterocycles. The van der Waals surface area contributed by atoms with Crippen LogP contribution in [0.1, 0.15) is 26.7 Å². The highest BCUT2D eigenvalue weighted by atomic mass is 79.9. The molecule has 2 rings (SSSR count). The first kappa shape index (κ1) is 14.8. The van der Waals surface area contributed by atoms with Crippen molar-refractivity contribution in [3.05, 3.63) is 27.7 Å². The van der Waals surface area contributed by atoms with E-state index >= 15 is 0 Å². The number of benzene rings is 1. The minimum absolute atomic E-state index is 0.00679. The number of hydrogen-bond donors (Lipinski definition) is 2. The van der Waals surface area contributed by atoms with Crippen LogP contribution in [0.4, 0.5) is 5.69 Å². The Morgan fingerprint density at radius 3 is 2.95 bits per heavy atom. The summed E-state index contributed by atoms with van der Waals surface area (Å²) in [6, 6.07) is 5.27. The van der Waals surface area contributed by atoms with Crippen molar-refractivity contribution in [1.82, 2.24) is 5.32 Å². The van der Waals surface area contributed by atoms with Gasteiger partial charge < -0.3 is 10.6 Å². The molecule has 0 bridgehead atoms. The maximum Gasteiger partial charge on any atom is 0.242 e. The Labute approximate surface area is 127 Å². The van der Waals surface area contributed by atoms with E-state index in [4.69, 9.17) is 11.6 Å². The Bertz CT molecular complexity index is 490. The van der Waals surface area contributed by atoms with Crippen molar-refractivity contribution >= 4 is 39.1 Å². The monoisotopic (exact) mass is 344 g/mol. The maximum absolute atomic E-state index is 12.4. The van der Waals surface area contributed by atoms with Crippen LogP contribution in [0.25, 0.3) is 0 Å². The zero-order valence-electron chi connectivity index (χ0n) is 11.1. The van der Waals surface area contributed by atoms with Gasteiger partial charge in [-0.2, -0.15) is 0 Å². The van der Waals surface area contributed by atoms with E-state index in [0.29, 0.717) is 10.7 Å². The highest BCUT2D eigenvalue weighted by Crippen LogP contribution is 2.33. The molecule has 1 aliphatic heterocycles. The van der Waals surface area contributed by atoms with Gasteiger partial charge in [-0.05, 0) is 52.9 Å². The zero-order chi connectivity index (χ0) is 14.0. The minimum atomic E-state index is -0.174. The molecule has 1 unspecified atom stereocenters. The fourth-order valence-corrected chi connectivity index (χ4v) is 3.00. The third kappa shape index (κ3) is 3.30. The first-order valence-electron chi connectivity index (χ1n) is 6.40. The van der Waals surface area contributed by atoms with Crippen molar-refractivity contribution in [2.45, 2.75) is 32.7 Å². The van der Waals surface area contributed by atoms with Crippen LogP contribution in [0, 0.1) is 5.41 Å². The first-order chi connectivity index (χ1) is 8.92. The Kier molecular flexibility index (Phi) is 4.54. The summed E-state index contributed by atoms with van der Waals surface area (Å²) in [6.45, 7) is 5.13. The summed E-state index contributed by atoms with van der Waals surface area (Å²) in [5.41, 5.74) is 0.675. The van der Waals surface area contributed by atoms with Crippen LogP contribution in [0.2, 0.25) is 5.02 Å². The summed E-state index contributed by atoms with van der Waals surface area (Å²) in [4.78, 5) is 12.4. The summed E-state index contributed by atoms with van der Waals surface area (Å²) >= 11 is 9.42. The SMILES string of the molecule is CC1(C)CCCNC1C(=O)Nc1cccc(Cl)c1Br. The lowest BCUT2D eigenvalue weighted by atomic mass is 9.77. The van der Waals surface area contributed by atoms with E-state index in [1.54, 1.807) is 6.07 Å². The molecule has 0 aromatic heterocycles. The van der Waals surface area contributed by atoms with Gasteiger partial charge in [0.15, 0.2) is 0 Å². The second kappa shape index (κ2) is 5.81. The molecular formula is C14H18BrClN2O.